The minimum absolute atomic E-state index is 0.0831. The topological polar surface area (TPSA) is 69.7 Å². The largest absolute Gasteiger partial charge is 0.338 e. The van der Waals surface area contributed by atoms with Gasteiger partial charge in [-0.05, 0) is 49.3 Å². The van der Waals surface area contributed by atoms with E-state index in [1.54, 1.807) is 18.2 Å². The Kier molecular flexibility index (Phi) is 6.49. The van der Waals surface area contributed by atoms with Crippen molar-refractivity contribution in [3.8, 4) is 0 Å². The zero-order valence-electron chi connectivity index (χ0n) is 16.2. The van der Waals surface area contributed by atoms with Gasteiger partial charge in [0.25, 0.3) is 0 Å². The van der Waals surface area contributed by atoms with E-state index in [0.717, 1.165) is 30.3 Å². The summed E-state index contributed by atoms with van der Waals surface area (Å²) in [6, 6.07) is 12.7. The molecule has 1 N–H and O–H groups in total. The van der Waals surface area contributed by atoms with E-state index < -0.39 is 10.0 Å². The summed E-state index contributed by atoms with van der Waals surface area (Å²) >= 11 is 0. The molecule has 1 aliphatic heterocycles. The van der Waals surface area contributed by atoms with Crippen LogP contribution in [0.4, 0.5) is 0 Å². The summed E-state index contributed by atoms with van der Waals surface area (Å²) < 4.78 is 27.7. The normalized spacial score (nSPS) is 16.1. The summed E-state index contributed by atoms with van der Waals surface area (Å²) in [7, 11) is -1.59. The van der Waals surface area contributed by atoms with Crippen LogP contribution < -0.4 is 4.72 Å². The Labute approximate surface area is 166 Å². The molecule has 1 aliphatic rings. The van der Waals surface area contributed by atoms with Crippen molar-refractivity contribution >= 4 is 26.7 Å². The number of carbonyl (C=O) groups excluding carboxylic acids is 1. The van der Waals surface area contributed by atoms with Crippen molar-refractivity contribution in [2.45, 2.75) is 17.7 Å². The number of fused-ring (bicyclic) bond motifs is 1. The van der Waals surface area contributed by atoms with Gasteiger partial charge in [0.1, 0.15) is 0 Å². The van der Waals surface area contributed by atoms with E-state index in [2.05, 4.69) is 16.2 Å². The van der Waals surface area contributed by atoms with Crippen molar-refractivity contribution in [3.63, 3.8) is 0 Å². The van der Waals surface area contributed by atoms with Crippen LogP contribution >= 0.6 is 0 Å². The monoisotopic (exact) mass is 401 g/mol. The highest BCUT2D eigenvalue weighted by Gasteiger charge is 2.20. The second-order valence-corrected chi connectivity index (χ2v) is 8.98. The predicted octanol–water partition coefficient (Wildman–Crippen LogP) is 2.23. The van der Waals surface area contributed by atoms with Crippen LogP contribution in [0.25, 0.3) is 10.8 Å². The standard InChI is InChI=1S/C21H27N3O3S/c1-17(21(25)24-13-5-12-23(2)14-15-24)10-11-22-28(26,27)20-9-8-18-6-3-4-7-19(18)16-20/h3-4,6-9,16,22H,1,5,10-15H2,2H3. The molecule has 0 aromatic heterocycles. The van der Waals surface area contributed by atoms with E-state index in [1.807, 2.05) is 36.2 Å². The number of rotatable bonds is 6. The molecule has 3 rings (SSSR count). The molecule has 0 unspecified atom stereocenters. The van der Waals surface area contributed by atoms with Crippen molar-refractivity contribution in [2.75, 3.05) is 39.8 Å². The molecular formula is C21H27N3O3S. The summed E-state index contributed by atoms with van der Waals surface area (Å²) in [5.74, 6) is -0.0831. The van der Waals surface area contributed by atoms with E-state index in [-0.39, 0.29) is 23.8 Å². The first-order valence-electron chi connectivity index (χ1n) is 9.51. The molecule has 1 fully saturated rings. The Balaban J connectivity index is 1.56. The van der Waals surface area contributed by atoms with E-state index in [4.69, 9.17) is 0 Å². The molecule has 0 aliphatic carbocycles. The number of likely N-dealkylation sites (N-methyl/N-ethyl adjacent to an activating group) is 1. The molecule has 0 atom stereocenters. The molecule has 2 aromatic rings. The molecule has 2 aromatic carbocycles. The van der Waals surface area contributed by atoms with Gasteiger partial charge in [-0.15, -0.1) is 0 Å². The molecule has 6 nitrogen and oxygen atoms in total. The number of hydrogen-bond donors (Lipinski definition) is 1. The molecule has 1 amide bonds. The fourth-order valence-electron chi connectivity index (χ4n) is 3.33. The van der Waals surface area contributed by atoms with E-state index >= 15 is 0 Å². The predicted molar refractivity (Wildman–Crippen MR) is 112 cm³/mol. The summed E-state index contributed by atoms with van der Waals surface area (Å²) in [6.45, 7) is 7.23. The fourth-order valence-corrected chi connectivity index (χ4v) is 4.40. The molecular weight excluding hydrogens is 374 g/mol. The number of nitrogens with one attached hydrogen (secondary N) is 1. The number of amides is 1. The molecule has 1 saturated heterocycles. The van der Waals surface area contributed by atoms with Gasteiger partial charge in [-0.25, -0.2) is 13.1 Å². The van der Waals surface area contributed by atoms with Crippen LogP contribution in [0, 0.1) is 0 Å². The van der Waals surface area contributed by atoms with Crippen molar-refractivity contribution in [3.05, 3.63) is 54.6 Å². The highest BCUT2D eigenvalue weighted by atomic mass is 32.2. The highest BCUT2D eigenvalue weighted by molar-refractivity contribution is 7.89. The average Bonchev–Trinajstić information content (AvgIpc) is 2.91. The average molecular weight is 402 g/mol. The fraction of sp³-hybridized carbons (Fsp3) is 0.381. The first-order chi connectivity index (χ1) is 13.4. The zero-order chi connectivity index (χ0) is 20.1. The Hall–Kier alpha value is -2.22. The minimum atomic E-state index is -3.63. The van der Waals surface area contributed by atoms with Crippen LogP contribution in [0.5, 0.6) is 0 Å². The molecule has 150 valence electrons. The van der Waals surface area contributed by atoms with Gasteiger partial charge in [0.15, 0.2) is 0 Å². The van der Waals surface area contributed by atoms with Gasteiger partial charge in [0, 0.05) is 31.8 Å². The van der Waals surface area contributed by atoms with Crippen molar-refractivity contribution in [2.24, 2.45) is 0 Å². The molecule has 1 heterocycles. The maximum atomic E-state index is 12.6. The lowest BCUT2D eigenvalue weighted by Gasteiger charge is -2.21. The van der Waals surface area contributed by atoms with E-state index in [1.165, 1.54) is 0 Å². The smallest absolute Gasteiger partial charge is 0.249 e. The number of sulfonamides is 1. The quantitative estimate of drug-likeness (QED) is 0.754. The lowest BCUT2D eigenvalue weighted by atomic mass is 10.1. The third kappa shape index (κ3) is 4.98. The van der Waals surface area contributed by atoms with Gasteiger partial charge >= 0.3 is 0 Å². The van der Waals surface area contributed by atoms with Gasteiger partial charge in [-0.2, -0.15) is 0 Å². The van der Waals surface area contributed by atoms with Gasteiger partial charge in [0.2, 0.25) is 15.9 Å². The molecule has 28 heavy (non-hydrogen) atoms. The third-order valence-corrected chi connectivity index (χ3v) is 6.52. The molecule has 0 radical (unpaired) electrons. The first kappa shape index (κ1) is 20.5. The lowest BCUT2D eigenvalue weighted by molar-refractivity contribution is -0.127. The van der Waals surface area contributed by atoms with E-state index in [0.29, 0.717) is 18.7 Å². The van der Waals surface area contributed by atoms with E-state index in [9.17, 15) is 13.2 Å². The van der Waals surface area contributed by atoms with Crippen molar-refractivity contribution in [1.82, 2.24) is 14.5 Å². The maximum Gasteiger partial charge on any atom is 0.249 e. The van der Waals surface area contributed by atoms with Crippen LogP contribution in [-0.2, 0) is 14.8 Å². The summed E-state index contributed by atoms with van der Waals surface area (Å²) in [4.78, 5) is 16.8. The van der Waals surface area contributed by atoms with Gasteiger partial charge < -0.3 is 9.80 Å². The van der Waals surface area contributed by atoms with Crippen molar-refractivity contribution in [1.29, 1.82) is 0 Å². The molecule has 0 saturated carbocycles. The van der Waals surface area contributed by atoms with Crippen LogP contribution in [0.15, 0.2) is 59.5 Å². The Morgan fingerprint density at radius 3 is 2.61 bits per heavy atom. The zero-order valence-corrected chi connectivity index (χ0v) is 17.0. The molecule has 0 bridgehead atoms. The minimum Gasteiger partial charge on any atom is -0.338 e. The third-order valence-electron chi connectivity index (χ3n) is 5.06. The number of carbonyl (C=O) groups is 1. The van der Waals surface area contributed by atoms with Gasteiger partial charge in [0.05, 0.1) is 4.90 Å². The summed E-state index contributed by atoms with van der Waals surface area (Å²) in [5, 5.41) is 1.86. The number of benzene rings is 2. The van der Waals surface area contributed by atoms with Crippen molar-refractivity contribution < 1.29 is 13.2 Å². The van der Waals surface area contributed by atoms with Crippen LogP contribution in [-0.4, -0.2) is 63.9 Å². The second kappa shape index (κ2) is 8.86. The number of nitrogens with zero attached hydrogens (tertiary/aromatic N) is 2. The lowest BCUT2D eigenvalue weighted by Crippen LogP contribution is -2.36. The van der Waals surface area contributed by atoms with Crippen LogP contribution in [0.3, 0.4) is 0 Å². The maximum absolute atomic E-state index is 12.6. The van der Waals surface area contributed by atoms with Gasteiger partial charge in [-0.3, -0.25) is 4.79 Å². The second-order valence-electron chi connectivity index (χ2n) is 7.21. The molecule has 7 heteroatoms. The van der Waals surface area contributed by atoms with Gasteiger partial charge in [-0.1, -0.05) is 36.9 Å². The molecule has 0 spiro atoms. The Morgan fingerprint density at radius 2 is 1.82 bits per heavy atom. The van der Waals surface area contributed by atoms with Crippen LogP contribution in [0.1, 0.15) is 12.8 Å². The Bertz CT molecular complexity index is 972. The SMILES string of the molecule is C=C(CCNS(=O)(=O)c1ccc2ccccc2c1)C(=O)N1CCCN(C)CC1. The van der Waals surface area contributed by atoms with Crippen LogP contribution in [0.2, 0.25) is 0 Å². The summed E-state index contributed by atoms with van der Waals surface area (Å²) in [5.41, 5.74) is 0.436. The first-order valence-corrected chi connectivity index (χ1v) is 11.0. The number of hydrogen-bond acceptors (Lipinski definition) is 4. The summed E-state index contributed by atoms with van der Waals surface area (Å²) in [6.07, 6.45) is 1.22. The highest BCUT2D eigenvalue weighted by Crippen LogP contribution is 2.19. The Morgan fingerprint density at radius 1 is 1.07 bits per heavy atom.